The minimum atomic E-state index is -0.380. The van der Waals surface area contributed by atoms with Gasteiger partial charge in [0.1, 0.15) is 17.3 Å². The number of carbonyl (C=O) groups excluding carboxylic acids is 1. The lowest BCUT2D eigenvalue weighted by Crippen LogP contribution is -2.29. The van der Waals surface area contributed by atoms with E-state index in [-0.39, 0.29) is 17.8 Å². The second kappa shape index (κ2) is 7.31. The second-order valence-electron chi connectivity index (χ2n) is 6.61. The molecule has 0 spiro atoms. The number of H-pyrrole nitrogens is 1. The molecule has 1 amide bonds. The number of aromatic nitrogens is 2. The monoisotopic (exact) mass is 377 g/mol. The number of aromatic amines is 1. The fourth-order valence-electron chi connectivity index (χ4n) is 3.61. The molecule has 28 heavy (non-hydrogen) atoms. The molecule has 1 atom stereocenters. The summed E-state index contributed by atoms with van der Waals surface area (Å²) in [6.07, 6.45) is 3.26. The van der Waals surface area contributed by atoms with Crippen LogP contribution < -0.4 is 9.64 Å². The molecule has 1 N–H and O–H groups in total. The number of benzene rings is 2. The van der Waals surface area contributed by atoms with Gasteiger partial charge in [-0.1, -0.05) is 18.2 Å². The summed E-state index contributed by atoms with van der Waals surface area (Å²) in [6.45, 7) is 3.77. The normalized spacial score (nSPS) is 15.6. The van der Waals surface area contributed by atoms with Crippen molar-refractivity contribution >= 4 is 11.6 Å². The van der Waals surface area contributed by atoms with Crippen molar-refractivity contribution in [1.82, 2.24) is 10.2 Å². The molecule has 1 aromatic heterocycles. The van der Waals surface area contributed by atoms with Gasteiger partial charge in [-0.25, -0.2) is 4.39 Å². The number of methoxy groups -OCH3 is 1. The number of allylic oxidation sites excluding steroid dienone is 1. The topological polar surface area (TPSA) is 58.2 Å². The van der Waals surface area contributed by atoms with Gasteiger partial charge in [0.25, 0.3) is 5.91 Å². The Kier molecular flexibility index (Phi) is 4.69. The van der Waals surface area contributed by atoms with E-state index >= 15 is 0 Å². The first-order valence-electron chi connectivity index (χ1n) is 9.05. The van der Waals surface area contributed by atoms with Crippen LogP contribution in [-0.4, -0.2) is 23.2 Å². The summed E-state index contributed by atoms with van der Waals surface area (Å²) >= 11 is 0. The van der Waals surface area contributed by atoms with Gasteiger partial charge in [-0.3, -0.25) is 14.8 Å². The maximum atomic E-state index is 13.5. The lowest BCUT2D eigenvalue weighted by Gasteiger charge is -2.26. The van der Waals surface area contributed by atoms with Crippen LogP contribution in [0.2, 0.25) is 0 Å². The molecule has 2 aromatic carbocycles. The van der Waals surface area contributed by atoms with Crippen molar-refractivity contribution in [3.63, 3.8) is 0 Å². The number of hydrogen-bond donors (Lipinski definition) is 1. The van der Waals surface area contributed by atoms with Crippen molar-refractivity contribution in [1.29, 1.82) is 0 Å². The van der Waals surface area contributed by atoms with E-state index in [0.717, 1.165) is 28.9 Å². The number of rotatable bonds is 6. The zero-order valence-corrected chi connectivity index (χ0v) is 15.5. The Hall–Kier alpha value is -3.41. The summed E-state index contributed by atoms with van der Waals surface area (Å²) in [5.74, 6) is 0.232. The van der Waals surface area contributed by atoms with Crippen molar-refractivity contribution < 1.29 is 13.9 Å². The molecule has 5 nitrogen and oxygen atoms in total. The van der Waals surface area contributed by atoms with Crippen molar-refractivity contribution in [3.05, 3.63) is 89.5 Å². The lowest BCUT2D eigenvalue weighted by molar-refractivity contribution is 0.0988. The molecule has 0 bridgehead atoms. The molecule has 3 aromatic rings. The predicted molar refractivity (Wildman–Crippen MR) is 105 cm³/mol. The quantitative estimate of drug-likeness (QED) is 0.647. The van der Waals surface area contributed by atoms with Gasteiger partial charge < -0.3 is 4.74 Å². The Bertz CT molecular complexity index is 1010. The van der Waals surface area contributed by atoms with Crippen LogP contribution in [0.1, 0.15) is 39.8 Å². The van der Waals surface area contributed by atoms with Gasteiger partial charge in [0.05, 0.1) is 18.8 Å². The number of amides is 1. The summed E-state index contributed by atoms with van der Waals surface area (Å²) in [7, 11) is 1.60. The molecule has 0 aliphatic carbocycles. The first kappa shape index (κ1) is 18.0. The zero-order chi connectivity index (χ0) is 19.7. The molecule has 0 saturated heterocycles. The first-order chi connectivity index (χ1) is 13.6. The van der Waals surface area contributed by atoms with E-state index in [1.807, 2.05) is 30.3 Å². The van der Waals surface area contributed by atoms with Gasteiger partial charge in [0.2, 0.25) is 0 Å². The highest BCUT2D eigenvalue weighted by Gasteiger charge is 2.42. The molecule has 1 aliphatic rings. The molecule has 4 rings (SSSR count). The van der Waals surface area contributed by atoms with E-state index in [9.17, 15) is 9.18 Å². The fourth-order valence-corrected chi connectivity index (χ4v) is 3.61. The van der Waals surface area contributed by atoms with Crippen molar-refractivity contribution in [3.8, 4) is 5.75 Å². The molecule has 0 saturated carbocycles. The maximum Gasteiger partial charge on any atom is 0.277 e. The van der Waals surface area contributed by atoms with E-state index in [2.05, 4.69) is 16.8 Å². The number of hydrogen-bond acceptors (Lipinski definition) is 3. The number of carbonyl (C=O) groups is 1. The molecule has 1 unspecified atom stereocenters. The molecule has 6 heteroatoms. The minimum Gasteiger partial charge on any atom is -0.497 e. The fraction of sp³-hybridized carbons (Fsp3) is 0.182. The number of fused-ring (bicyclic) bond motifs is 1. The molecule has 142 valence electrons. The summed E-state index contributed by atoms with van der Waals surface area (Å²) in [5.41, 5.74) is 3.71. The van der Waals surface area contributed by atoms with E-state index in [4.69, 9.17) is 4.74 Å². The van der Waals surface area contributed by atoms with Gasteiger partial charge in [0.15, 0.2) is 0 Å². The third-order valence-electron chi connectivity index (χ3n) is 4.97. The van der Waals surface area contributed by atoms with Crippen LogP contribution in [0, 0.1) is 5.82 Å². The van der Waals surface area contributed by atoms with E-state index < -0.39 is 0 Å². The molecule has 2 heterocycles. The average molecular weight is 377 g/mol. The molecule has 1 aliphatic heterocycles. The van der Waals surface area contributed by atoms with Gasteiger partial charge in [-0.15, -0.1) is 6.58 Å². The number of anilines is 1. The highest BCUT2D eigenvalue weighted by atomic mass is 19.1. The Balaban J connectivity index is 1.84. The third-order valence-corrected chi connectivity index (χ3v) is 4.97. The number of nitrogens with zero attached hydrogens (tertiary/aromatic N) is 2. The maximum absolute atomic E-state index is 13.5. The Morgan fingerprint density at radius 1 is 1.21 bits per heavy atom. The minimum absolute atomic E-state index is 0.160. The van der Waals surface area contributed by atoms with Gasteiger partial charge in [-0.2, -0.15) is 5.10 Å². The number of nitrogens with one attached hydrogen (secondary N) is 1. The SMILES string of the molecule is C=CCCc1n[nH]c2c1C(c1ccc(F)cc1)N(c1ccc(OC)cc1)C2=O. The lowest BCUT2D eigenvalue weighted by atomic mass is 9.97. The molecular weight excluding hydrogens is 357 g/mol. The Morgan fingerprint density at radius 3 is 2.57 bits per heavy atom. The molecular formula is C22H20FN3O2. The smallest absolute Gasteiger partial charge is 0.277 e. The summed E-state index contributed by atoms with van der Waals surface area (Å²) in [6, 6.07) is 13.2. The predicted octanol–water partition coefficient (Wildman–Crippen LogP) is 4.43. The van der Waals surface area contributed by atoms with E-state index in [1.165, 1.54) is 12.1 Å². The average Bonchev–Trinajstić information content (AvgIpc) is 3.26. The zero-order valence-electron chi connectivity index (χ0n) is 15.5. The number of halogens is 1. The first-order valence-corrected chi connectivity index (χ1v) is 9.05. The van der Waals surface area contributed by atoms with Crippen molar-refractivity contribution in [2.75, 3.05) is 12.0 Å². The van der Waals surface area contributed by atoms with E-state index in [1.54, 1.807) is 24.1 Å². The Labute approximate surface area is 162 Å². The standard InChI is InChI=1S/C22H20FN3O2/c1-3-4-5-18-19-20(25-24-18)22(27)26(16-10-12-17(28-2)13-11-16)21(19)14-6-8-15(23)9-7-14/h3,6-13,21H,1,4-5H2,2H3,(H,24,25). The van der Waals surface area contributed by atoms with Gasteiger partial charge in [0, 0.05) is 11.3 Å². The van der Waals surface area contributed by atoms with Crippen LogP contribution in [0.15, 0.2) is 61.2 Å². The van der Waals surface area contributed by atoms with Crippen LogP contribution in [0.5, 0.6) is 5.75 Å². The largest absolute Gasteiger partial charge is 0.497 e. The van der Waals surface area contributed by atoms with Crippen LogP contribution in [0.3, 0.4) is 0 Å². The number of aryl methyl sites for hydroxylation is 1. The Morgan fingerprint density at radius 2 is 1.93 bits per heavy atom. The van der Waals surface area contributed by atoms with Crippen LogP contribution in [-0.2, 0) is 6.42 Å². The molecule has 0 radical (unpaired) electrons. The van der Waals surface area contributed by atoms with Gasteiger partial charge >= 0.3 is 0 Å². The number of ether oxygens (including phenoxy) is 1. The highest BCUT2D eigenvalue weighted by Crippen LogP contribution is 2.43. The van der Waals surface area contributed by atoms with Crippen molar-refractivity contribution in [2.45, 2.75) is 18.9 Å². The summed E-state index contributed by atoms with van der Waals surface area (Å²) in [4.78, 5) is 14.9. The second-order valence-corrected chi connectivity index (χ2v) is 6.61. The molecule has 0 fully saturated rings. The highest BCUT2D eigenvalue weighted by molar-refractivity contribution is 6.10. The van der Waals surface area contributed by atoms with Crippen LogP contribution in [0.25, 0.3) is 0 Å². The van der Waals surface area contributed by atoms with Crippen molar-refractivity contribution in [2.24, 2.45) is 0 Å². The third kappa shape index (κ3) is 2.97. The summed E-state index contributed by atoms with van der Waals surface area (Å²) in [5, 5.41) is 7.26. The summed E-state index contributed by atoms with van der Waals surface area (Å²) < 4.78 is 18.7. The van der Waals surface area contributed by atoms with Gasteiger partial charge in [-0.05, 0) is 54.8 Å². The van der Waals surface area contributed by atoms with Crippen LogP contribution in [0.4, 0.5) is 10.1 Å². The van der Waals surface area contributed by atoms with E-state index in [0.29, 0.717) is 17.9 Å². The van der Waals surface area contributed by atoms with Crippen LogP contribution >= 0.6 is 0 Å².